The summed E-state index contributed by atoms with van der Waals surface area (Å²) in [4.78, 5) is 7.25. The number of nitrogens with zero attached hydrogens (tertiary/aromatic N) is 2. The van der Waals surface area contributed by atoms with Gasteiger partial charge in [0, 0.05) is 35.1 Å². The van der Waals surface area contributed by atoms with Crippen LogP contribution in [0.25, 0.3) is 0 Å². The standard InChI is InChI=1S/C16H25N3S/c1-4-5-16-18-8-9-19(16)12-15-7-6-14(20-15)11-17-10-13(2)3/h6-9,13,17H,4-5,10-12H2,1-3H3. The summed E-state index contributed by atoms with van der Waals surface area (Å²) >= 11 is 1.90. The molecule has 2 rings (SSSR count). The topological polar surface area (TPSA) is 29.9 Å². The Bertz CT molecular complexity index is 513. The van der Waals surface area contributed by atoms with E-state index in [1.807, 2.05) is 17.5 Å². The lowest BCUT2D eigenvalue weighted by molar-refractivity contribution is 0.555. The minimum absolute atomic E-state index is 0.706. The Balaban J connectivity index is 1.90. The largest absolute Gasteiger partial charge is 0.330 e. The molecule has 0 amide bonds. The van der Waals surface area contributed by atoms with Crippen LogP contribution in [0.15, 0.2) is 24.5 Å². The van der Waals surface area contributed by atoms with Gasteiger partial charge in [0.1, 0.15) is 5.82 Å². The zero-order chi connectivity index (χ0) is 14.4. The first-order valence-corrected chi connectivity index (χ1v) is 8.29. The maximum Gasteiger partial charge on any atom is 0.108 e. The Morgan fingerprint density at radius 1 is 1.30 bits per heavy atom. The molecule has 0 atom stereocenters. The summed E-state index contributed by atoms with van der Waals surface area (Å²) < 4.78 is 2.26. The molecule has 2 aromatic rings. The molecule has 0 aliphatic carbocycles. The fraction of sp³-hybridized carbons (Fsp3) is 0.562. The van der Waals surface area contributed by atoms with Crippen molar-refractivity contribution in [2.75, 3.05) is 6.54 Å². The van der Waals surface area contributed by atoms with Gasteiger partial charge in [0.05, 0.1) is 6.54 Å². The summed E-state index contributed by atoms with van der Waals surface area (Å²) in [6.07, 6.45) is 6.19. The Kier molecular flexibility index (Phi) is 5.80. The molecule has 0 radical (unpaired) electrons. The van der Waals surface area contributed by atoms with Gasteiger partial charge < -0.3 is 9.88 Å². The van der Waals surface area contributed by atoms with Gasteiger partial charge in [-0.2, -0.15) is 0 Å². The number of aromatic nitrogens is 2. The number of aryl methyl sites for hydroxylation is 1. The van der Waals surface area contributed by atoms with Crippen molar-refractivity contribution in [3.8, 4) is 0 Å². The Morgan fingerprint density at radius 2 is 2.10 bits per heavy atom. The molecule has 0 aromatic carbocycles. The van der Waals surface area contributed by atoms with Gasteiger partial charge in [-0.25, -0.2) is 4.98 Å². The average molecular weight is 291 g/mol. The molecule has 0 aliphatic heterocycles. The summed E-state index contributed by atoms with van der Waals surface area (Å²) in [5, 5.41) is 3.50. The first kappa shape index (κ1) is 15.3. The highest BCUT2D eigenvalue weighted by Crippen LogP contribution is 2.18. The molecule has 1 N–H and O–H groups in total. The summed E-state index contributed by atoms with van der Waals surface area (Å²) in [7, 11) is 0. The summed E-state index contributed by atoms with van der Waals surface area (Å²) in [5.74, 6) is 1.90. The van der Waals surface area contributed by atoms with Gasteiger partial charge in [-0.3, -0.25) is 0 Å². The molecular formula is C16H25N3S. The van der Waals surface area contributed by atoms with Crippen molar-refractivity contribution < 1.29 is 0 Å². The van der Waals surface area contributed by atoms with Crippen LogP contribution in [0.5, 0.6) is 0 Å². The van der Waals surface area contributed by atoms with Crippen LogP contribution in [-0.2, 0) is 19.5 Å². The van der Waals surface area contributed by atoms with Gasteiger partial charge in [0.25, 0.3) is 0 Å². The van der Waals surface area contributed by atoms with E-state index in [0.29, 0.717) is 5.92 Å². The van der Waals surface area contributed by atoms with Gasteiger partial charge in [-0.1, -0.05) is 20.8 Å². The normalized spacial score (nSPS) is 11.4. The minimum atomic E-state index is 0.706. The highest BCUT2D eigenvalue weighted by Gasteiger charge is 2.05. The van der Waals surface area contributed by atoms with Crippen LogP contribution < -0.4 is 5.32 Å². The van der Waals surface area contributed by atoms with Crippen molar-refractivity contribution >= 4 is 11.3 Å². The van der Waals surface area contributed by atoms with Crippen LogP contribution >= 0.6 is 11.3 Å². The van der Waals surface area contributed by atoms with E-state index in [2.05, 4.69) is 54.0 Å². The van der Waals surface area contributed by atoms with Crippen molar-refractivity contribution in [3.05, 3.63) is 40.1 Å². The van der Waals surface area contributed by atoms with Crippen molar-refractivity contribution in [1.29, 1.82) is 0 Å². The molecule has 2 heterocycles. The van der Waals surface area contributed by atoms with E-state index in [-0.39, 0.29) is 0 Å². The number of hydrogen-bond acceptors (Lipinski definition) is 3. The Hall–Kier alpha value is -1.13. The van der Waals surface area contributed by atoms with E-state index in [1.165, 1.54) is 15.6 Å². The third-order valence-electron chi connectivity index (χ3n) is 3.17. The Labute approximate surface area is 126 Å². The van der Waals surface area contributed by atoms with Crippen LogP contribution in [0.2, 0.25) is 0 Å². The first-order valence-electron chi connectivity index (χ1n) is 7.47. The number of rotatable bonds is 8. The van der Waals surface area contributed by atoms with Crippen LogP contribution in [-0.4, -0.2) is 16.1 Å². The molecule has 0 fully saturated rings. The van der Waals surface area contributed by atoms with Gasteiger partial charge >= 0.3 is 0 Å². The molecule has 0 saturated carbocycles. The molecule has 3 nitrogen and oxygen atoms in total. The molecule has 0 aliphatic rings. The number of hydrogen-bond donors (Lipinski definition) is 1. The monoisotopic (exact) mass is 291 g/mol. The third kappa shape index (κ3) is 4.46. The molecule has 4 heteroatoms. The van der Waals surface area contributed by atoms with Crippen LogP contribution in [0.3, 0.4) is 0 Å². The molecule has 0 unspecified atom stereocenters. The molecule has 0 bridgehead atoms. The van der Waals surface area contributed by atoms with Crippen molar-refractivity contribution in [1.82, 2.24) is 14.9 Å². The van der Waals surface area contributed by atoms with Gasteiger partial charge in [0.15, 0.2) is 0 Å². The molecule has 0 saturated heterocycles. The summed E-state index contributed by atoms with van der Waals surface area (Å²) in [5.41, 5.74) is 0. The second kappa shape index (κ2) is 7.60. The highest BCUT2D eigenvalue weighted by molar-refractivity contribution is 7.11. The zero-order valence-corrected chi connectivity index (χ0v) is 13.5. The lowest BCUT2D eigenvalue weighted by Gasteiger charge is -2.06. The lowest BCUT2D eigenvalue weighted by atomic mass is 10.2. The van der Waals surface area contributed by atoms with Crippen molar-refractivity contribution in [2.24, 2.45) is 5.92 Å². The van der Waals surface area contributed by atoms with E-state index in [1.54, 1.807) is 0 Å². The zero-order valence-electron chi connectivity index (χ0n) is 12.7. The van der Waals surface area contributed by atoms with Crippen molar-refractivity contribution in [2.45, 2.75) is 46.7 Å². The van der Waals surface area contributed by atoms with Gasteiger partial charge in [-0.15, -0.1) is 11.3 Å². The minimum Gasteiger partial charge on any atom is -0.330 e. The van der Waals surface area contributed by atoms with Gasteiger partial charge in [0.2, 0.25) is 0 Å². The van der Waals surface area contributed by atoms with Crippen LogP contribution in [0, 0.1) is 5.92 Å². The fourth-order valence-corrected chi connectivity index (χ4v) is 3.18. The number of nitrogens with one attached hydrogen (secondary N) is 1. The van der Waals surface area contributed by atoms with E-state index in [4.69, 9.17) is 0 Å². The van der Waals surface area contributed by atoms with Crippen LogP contribution in [0.4, 0.5) is 0 Å². The van der Waals surface area contributed by atoms with E-state index in [9.17, 15) is 0 Å². The molecule has 110 valence electrons. The Morgan fingerprint density at radius 3 is 2.85 bits per heavy atom. The number of thiophene rings is 1. The maximum atomic E-state index is 4.43. The molecule has 2 aromatic heterocycles. The molecule has 0 spiro atoms. The SMILES string of the molecule is CCCc1nccn1Cc1ccc(CNCC(C)C)s1. The lowest BCUT2D eigenvalue weighted by Crippen LogP contribution is -2.18. The van der Waals surface area contributed by atoms with Crippen LogP contribution in [0.1, 0.15) is 42.8 Å². The summed E-state index contributed by atoms with van der Waals surface area (Å²) in [6, 6.07) is 4.48. The first-order chi connectivity index (χ1) is 9.69. The average Bonchev–Trinajstić information content (AvgIpc) is 3.01. The van der Waals surface area contributed by atoms with E-state index in [0.717, 1.165) is 32.5 Å². The predicted octanol–water partition coefficient (Wildman–Crippen LogP) is 3.69. The smallest absolute Gasteiger partial charge is 0.108 e. The molecular weight excluding hydrogens is 266 g/mol. The summed E-state index contributed by atoms with van der Waals surface area (Å²) in [6.45, 7) is 9.68. The van der Waals surface area contributed by atoms with Crippen molar-refractivity contribution in [3.63, 3.8) is 0 Å². The van der Waals surface area contributed by atoms with Gasteiger partial charge in [-0.05, 0) is 31.0 Å². The second-order valence-corrected chi connectivity index (χ2v) is 6.87. The number of imidazole rings is 1. The molecule has 20 heavy (non-hydrogen) atoms. The van der Waals surface area contributed by atoms with E-state index >= 15 is 0 Å². The quantitative estimate of drug-likeness (QED) is 0.804. The highest BCUT2D eigenvalue weighted by atomic mass is 32.1. The fourth-order valence-electron chi connectivity index (χ4n) is 2.19. The predicted molar refractivity (Wildman–Crippen MR) is 86.2 cm³/mol. The second-order valence-electron chi connectivity index (χ2n) is 5.61. The third-order valence-corrected chi connectivity index (χ3v) is 4.24. The maximum absolute atomic E-state index is 4.43. The van der Waals surface area contributed by atoms with E-state index < -0.39 is 0 Å².